The Morgan fingerprint density at radius 3 is 2.04 bits per heavy atom. The van der Waals surface area contributed by atoms with Gasteiger partial charge >= 0.3 is 6.09 Å². The minimum atomic E-state index is -0.528. The van der Waals surface area contributed by atoms with Crippen LogP contribution in [-0.2, 0) is 14.2 Å². The summed E-state index contributed by atoms with van der Waals surface area (Å²) in [6, 6.07) is 6.78. The van der Waals surface area contributed by atoms with Gasteiger partial charge in [0.15, 0.2) is 0 Å². The van der Waals surface area contributed by atoms with Crippen molar-refractivity contribution in [1.82, 2.24) is 9.80 Å². The Bertz CT molecular complexity index is 678. The molecule has 0 aromatic heterocycles. The van der Waals surface area contributed by atoms with Gasteiger partial charge in [-0.15, -0.1) is 0 Å². The van der Waals surface area contributed by atoms with Gasteiger partial charge in [0.2, 0.25) is 0 Å². The molecule has 0 atom stereocenters. The number of rotatable bonds is 9. The van der Waals surface area contributed by atoms with Crippen molar-refractivity contribution < 1.29 is 28.6 Å². The van der Waals surface area contributed by atoms with E-state index < -0.39 is 11.7 Å². The highest BCUT2D eigenvalue weighted by atomic mass is 16.6. The van der Waals surface area contributed by atoms with Crippen molar-refractivity contribution in [3.05, 3.63) is 35.4 Å². The molecule has 1 aliphatic heterocycles. The second-order valence-corrected chi connectivity index (χ2v) is 7.43. The third kappa shape index (κ3) is 6.03. The van der Waals surface area contributed by atoms with E-state index in [1.54, 1.807) is 31.3 Å². The van der Waals surface area contributed by atoms with Crippen molar-refractivity contribution in [2.45, 2.75) is 26.4 Å². The lowest BCUT2D eigenvalue weighted by atomic mass is 10.1. The molecule has 3 amide bonds. The number of carbonyl (C=O) groups is 3. The van der Waals surface area contributed by atoms with Crippen molar-refractivity contribution in [2.75, 3.05) is 46.6 Å². The number of hydrogen-bond donors (Lipinski definition) is 0. The van der Waals surface area contributed by atoms with Gasteiger partial charge in [0, 0.05) is 13.6 Å². The number of hydrogen-bond acceptors (Lipinski definition) is 6. The smallest absolute Gasteiger partial charge is 0.410 e. The van der Waals surface area contributed by atoms with Crippen LogP contribution < -0.4 is 0 Å². The van der Waals surface area contributed by atoms with E-state index in [1.165, 1.54) is 9.80 Å². The average molecular weight is 392 g/mol. The Morgan fingerprint density at radius 2 is 1.50 bits per heavy atom. The Labute approximate surface area is 165 Å². The van der Waals surface area contributed by atoms with Gasteiger partial charge in [0.1, 0.15) is 5.60 Å². The second-order valence-electron chi connectivity index (χ2n) is 7.43. The van der Waals surface area contributed by atoms with E-state index in [1.807, 2.05) is 20.8 Å². The number of benzene rings is 1. The quantitative estimate of drug-likeness (QED) is 0.473. The van der Waals surface area contributed by atoms with E-state index in [9.17, 15) is 14.4 Å². The molecule has 0 saturated heterocycles. The van der Waals surface area contributed by atoms with Crippen LogP contribution in [0.1, 0.15) is 41.5 Å². The summed E-state index contributed by atoms with van der Waals surface area (Å²) in [5, 5.41) is 0. The zero-order valence-electron chi connectivity index (χ0n) is 16.9. The van der Waals surface area contributed by atoms with Crippen LogP contribution in [0, 0.1) is 0 Å². The second kappa shape index (κ2) is 9.66. The lowest BCUT2D eigenvalue weighted by molar-refractivity contribution is 0.0140. The summed E-state index contributed by atoms with van der Waals surface area (Å²) in [6.45, 7) is 7.34. The number of ether oxygens (including phenoxy) is 3. The van der Waals surface area contributed by atoms with Gasteiger partial charge < -0.3 is 19.1 Å². The Morgan fingerprint density at radius 1 is 0.964 bits per heavy atom. The van der Waals surface area contributed by atoms with Crippen LogP contribution >= 0.6 is 0 Å². The summed E-state index contributed by atoms with van der Waals surface area (Å²) in [5.74, 6) is -0.573. The zero-order valence-corrected chi connectivity index (χ0v) is 16.9. The average Bonchev–Trinajstić information content (AvgIpc) is 2.87. The summed E-state index contributed by atoms with van der Waals surface area (Å²) in [7, 11) is 1.65. The van der Waals surface area contributed by atoms with Crippen LogP contribution in [0.15, 0.2) is 24.3 Å². The van der Waals surface area contributed by atoms with Crippen LogP contribution in [0.4, 0.5) is 4.79 Å². The molecule has 1 heterocycles. The highest BCUT2D eigenvalue weighted by molar-refractivity contribution is 6.21. The molecule has 1 aliphatic rings. The van der Waals surface area contributed by atoms with Gasteiger partial charge in [0.25, 0.3) is 11.8 Å². The molecule has 0 bridgehead atoms. The van der Waals surface area contributed by atoms with Gasteiger partial charge in [-0.3, -0.25) is 14.5 Å². The molecule has 154 valence electrons. The Kier molecular flexibility index (Phi) is 7.53. The van der Waals surface area contributed by atoms with Gasteiger partial charge in [-0.05, 0) is 32.9 Å². The van der Waals surface area contributed by atoms with E-state index >= 15 is 0 Å². The lowest BCUT2D eigenvalue weighted by Crippen LogP contribution is -2.36. The van der Waals surface area contributed by atoms with Crippen LogP contribution in [0.25, 0.3) is 0 Å². The summed E-state index contributed by atoms with van der Waals surface area (Å²) < 4.78 is 16.1. The first-order valence-corrected chi connectivity index (χ1v) is 9.25. The van der Waals surface area contributed by atoms with E-state index in [0.717, 1.165) is 0 Å². The van der Waals surface area contributed by atoms with Gasteiger partial charge in [-0.25, -0.2) is 4.79 Å². The van der Waals surface area contributed by atoms with Crippen LogP contribution in [0.5, 0.6) is 0 Å². The molecule has 0 saturated carbocycles. The Balaban J connectivity index is 1.55. The minimum absolute atomic E-state index is 0.202. The number of likely N-dealkylation sites (N-methyl/N-ethyl adjacent to an activating group) is 1. The largest absolute Gasteiger partial charge is 0.444 e. The highest BCUT2D eigenvalue weighted by Crippen LogP contribution is 2.21. The minimum Gasteiger partial charge on any atom is -0.444 e. The molecule has 0 spiro atoms. The summed E-state index contributed by atoms with van der Waals surface area (Å²) in [5.41, 5.74) is 0.342. The SMILES string of the molecule is CN(CCOCCOCCN1C(=O)c2ccccc2C1=O)C(=O)OC(C)(C)C. The first-order valence-electron chi connectivity index (χ1n) is 9.25. The summed E-state index contributed by atoms with van der Waals surface area (Å²) >= 11 is 0. The Hall–Kier alpha value is -2.45. The molecule has 2 rings (SSSR count). The van der Waals surface area contributed by atoms with Crippen molar-refractivity contribution in [3.63, 3.8) is 0 Å². The molecular formula is C20H28N2O6. The summed E-state index contributed by atoms with van der Waals surface area (Å²) in [6.07, 6.45) is -0.395. The number of amides is 3. The van der Waals surface area contributed by atoms with Gasteiger partial charge in [-0.1, -0.05) is 12.1 Å². The fourth-order valence-corrected chi connectivity index (χ4v) is 2.55. The maximum absolute atomic E-state index is 12.2. The fourth-order valence-electron chi connectivity index (χ4n) is 2.55. The van der Waals surface area contributed by atoms with Crippen molar-refractivity contribution in [3.8, 4) is 0 Å². The first-order chi connectivity index (χ1) is 13.2. The number of imide groups is 1. The third-order valence-electron chi connectivity index (χ3n) is 3.99. The standard InChI is InChI=1S/C20H28N2O6/c1-20(2,3)28-19(25)21(4)9-11-26-13-14-27-12-10-22-17(23)15-7-5-6-8-16(15)18(22)24/h5-8H,9-14H2,1-4H3. The summed E-state index contributed by atoms with van der Waals surface area (Å²) in [4.78, 5) is 38.8. The van der Waals surface area contributed by atoms with E-state index in [4.69, 9.17) is 14.2 Å². The van der Waals surface area contributed by atoms with E-state index in [0.29, 0.717) is 37.5 Å². The molecule has 0 fully saturated rings. The molecule has 1 aromatic carbocycles. The van der Waals surface area contributed by atoms with Crippen LogP contribution in [-0.4, -0.2) is 79.9 Å². The van der Waals surface area contributed by atoms with Gasteiger partial charge in [-0.2, -0.15) is 0 Å². The molecule has 0 N–H and O–H groups in total. The van der Waals surface area contributed by atoms with Crippen LogP contribution in [0.3, 0.4) is 0 Å². The number of fused-ring (bicyclic) bond motifs is 1. The van der Waals surface area contributed by atoms with Crippen LogP contribution in [0.2, 0.25) is 0 Å². The van der Waals surface area contributed by atoms with E-state index in [-0.39, 0.29) is 25.0 Å². The van der Waals surface area contributed by atoms with Crippen molar-refractivity contribution in [2.24, 2.45) is 0 Å². The molecule has 0 radical (unpaired) electrons. The first kappa shape index (κ1) is 21.8. The van der Waals surface area contributed by atoms with Crippen molar-refractivity contribution in [1.29, 1.82) is 0 Å². The topological polar surface area (TPSA) is 85.4 Å². The molecule has 8 nitrogen and oxygen atoms in total. The highest BCUT2D eigenvalue weighted by Gasteiger charge is 2.34. The predicted octanol–water partition coefficient (Wildman–Crippen LogP) is 2.18. The predicted molar refractivity (Wildman–Crippen MR) is 102 cm³/mol. The number of nitrogens with zero attached hydrogens (tertiary/aromatic N) is 2. The molecule has 28 heavy (non-hydrogen) atoms. The molecule has 1 aromatic rings. The van der Waals surface area contributed by atoms with E-state index in [2.05, 4.69) is 0 Å². The maximum atomic E-state index is 12.2. The van der Waals surface area contributed by atoms with Gasteiger partial charge in [0.05, 0.1) is 44.1 Å². The fraction of sp³-hybridized carbons (Fsp3) is 0.550. The molecule has 8 heteroatoms. The molecule has 0 unspecified atom stereocenters. The number of carbonyl (C=O) groups excluding carboxylic acids is 3. The third-order valence-corrected chi connectivity index (χ3v) is 3.99. The molecule has 0 aliphatic carbocycles. The molecular weight excluding hydrogens is 364 g/mol. The monoisotopic (exact) mass is 392 g/mol. The van der Waals surface area contributed by atoms with Crippen molar-refractivity contribution >= 4 is 17.9 Å². The maximum Gasteiger partial charge on any atom is 0.410 e. The normalized spacial score (nSPS) is 13.6. The lowest BCUT2D eigenvalue weighted by Gasteiger charge is -2.24. The zero-order chi connectivity index (χ0) is 20.7.